The molecule has 0 aliphatic carbocycles. The summed E-state index contributed by atoms with van der Waals surface area (Å²) < 4.78 is 35.7. The zero-order valence-electron chi connectivity index (χ0n) is 12.5. The zero-order chi connectivity index (χ0) is 15.5. The van der Waals surface area contributed by atoms with Gasteiger partial charge < -0.3 is 15.2 Å². The number of sulfone groups is 1. The largest absolute Gasteiger partial charge is 0.497 e. The molecule has 0 aromatic heterocycles. The molecule has 6 heteroatoms. The summed E-state index contributed by atoms with van der Waals surface area (Å²) >= 11 is 0. The third-order valence-electron chi connectivity index (χ3n) is 4.16. The first kappa shape index (κ1) is 16.3. The molecule has 1 aromatic rings. The van der Waals surface area contributed by atoms with Gasteiger partial charge in [-0.3, -0.25) is 0 Å². The minimum absolute atomic E-state index is 0.342. The van der Waals surface area contributed by atoms with E-state index in [2.05, 4.69) is 0 Å². The van der Waals surface area contributed by atoms with Crippen molar-refractivity contribution in [1.82, 2.24) is 0 Å². The molecule has 21 heavy (non-hydrogen) atoms. The fourth-order valence-corrected chi connectivity index (χ4v) is 4.63. The van der Waals surface area contributed by atoms with Gasteiger partial charge in [-0.05, 0) is 37.5 Å². The quantitative estimate of drug-likeness (QED) is 0.894. The van der Waals surface area contributed by atoms with Crippen molar-refractivity contribution >= 4 is 9.84 Å². The van der Waals surface area contributed by atoms with Crippen molar-refractivity contribution in [1.29, 1.82) is 0 Å². The summed E-state index contributed by atoms with van der Waals surface area (Å²) in [6.45, 7) is 2.71. The van der Waals surface area contributed by atoms with E-state index in [1.54, 1.807) is 26.2 Å². The van der Waals surface area contributed by atoms with Crippen LogP contribution in [0.3, 0.4) is 0 Å². The third kappa shape index (κ3) is 3.56. The summed E-state index contributed by atoms with van der Waals surface area (Å²) in [5.74, 6) is 0.728. The van der Waals surface area contributed by atoms with Crippen molar-refractivity contribution in [3.8, 4) is 5.75 Å². The van der Waals surface area contributed by atoms with Crippen LogP contribution in [0.15, 0.2) is 24.3 Å². The molecule has 5 nitrogen and oxygen atoms in total. The Kier molecular flexibility index (Phi) is 5.24. The number of hydrogen-bond donors (Lipinski definition) is 1. The number of methoxy groups -OCH3 is 1. The summed E-state index contributed by atoms with van der Waals surface area (Å²) in [6, 6.07) is 6.69. The van der Waals surface area contributed by atoms with Crippen LogP contribution in [0.2, 0.25) is 0 Å². The average molecular weight is 313 g/mol. The highest BCUT2D eigenvalue weighted by Gasteiger charge is 2.36. The Balaban J connectivity index is 2.14. The van der Waals surface area contributed by atoms with E-state index in [9.17, 15) is 8.42 Å². The van der Waals surface area contributed by atoms with Gasteiger partial charge in [-0.1, -0.05) is 12.1 Å². The highest BCUT2D eigenvalue weighted by atomic mass is 32.2. The Hall–Kier alpha value is -1.11. The first-order valence-electron chi connectivity index (χ1n) is 7.17. The minimum Gasteiger partial charge on any atom is -0.497 e. The number of hydrogen-bond acceptors (Lipinski definition) is 5. The Labute approximate surface area is 126 Å². The van der Waals surface area contributed by atoms with Gasteiger partial charge in [-0.2, -0.15) is 0 Å². The van der Waals surface area contributed by atoms with Gasteiger partial charge in [0.25, 0.3) is 0 Å². The molecule has 2 atom stereocenters. The normalized spacial score (nSPS) is 20.0. The first-order valence-corrected chi connectivity index (χ1v) is 8.77. The van der Waals surface area contributed by atoms with E-state index in [4.69, 9.17) is 15.2 Å². The summed E-state index contributed by atoms with van der Waals surface area (Å²) in [5, 5.41) is -0.959. The Bertz CT molecular complexity index is 550. The van der Waals surface area contributed by atoms with Crippen molar-refractivity contribution in [2.24, 2.45) is 5.73 Å². The second kappa shape index (κ2) is 6.77. The number of ether oxygens (including phenoxy) is 2. The number of rotatable bonds is 5. The summed E-state index contributed by atoms with van der Waals surface area (Å²) in [7, 11) is -1.67. The second-order valence-corrected chi connectivity index (χ2v) is 7.99. The lowest BCUT2D eigenvalue weighted by atomic mass is 10.1. The second-order valence-electron chi connectivity index (χ2n) is 5.40. The lowest BCUT2D eigenvalue weighted by Crippen LogP contribution is -2.40. The molecule has 0 saturated carbocycles. The molecule has 0 amide bonds. The molecular formula is C15H23NO4S. The van der Waals surface area contributed by atoms with Crippen LogP contribution in [0.1, 0.15) is 31.4 Å². The third-order valence-corrected chi connectivity index (χ3v) is 6.89. The molecule has 2 unspecified atom stereocenters. The standard InChI is InChI=1S/C15H23NO4S/c1-11(21(17,18)14-7-9-20-10-8-14)15(16)12-3-5-13(19-2)6-4-12/h3-6,11,14-15H,7-10,16H2,1-2H3. The van der Waals surface area contributed by atoms with E-state index in [0.717, 1.165) is 11.3 Å². The van der Waals surface area contributed by atoms with E-state index in [-0.39, 0.29) is 5.25 Å². The summed E-state index contributed by atoms with van der Waals surface area (Å²) in [5.41, 5.74) is 6.98. The predicted molar refractivity (Wildman–Crippen MR) is 82.1 cm³/mol. The average Bonchev–Trinajstić information content (AvgIpc) is 2.54. The van der Waals surface area contributed by atoms with Crippen molar-refractivity contribution in [3.63, 3.8) is 0 Å². The molecule has 2 N–H and O–H groups in total. The van der Waals surface area contributed by atoms with Crippen molar-refractivity contribution in [3.05, 3.63) is 29.8 Å². The van der Waals surface area contributed by atoms with E-state index in [1.165, 1.54) is 0 Å². The summed E-state index contributed by atoms with van der Waals surface area (Å²) in [6.07, 6.45) is 1.12. The maximum absolute atomic E-state index is 12.7. The molecule has 0 bridgehead atoms. The van der Waals surface area contributed by atoms with Gasteiger partial charge in [0.1, 0.15) is 5.75 Å². The van der Waals surface area contributed by atoms with Crippen LogP contribution in [0.4, 0.5) is 0 Å². The molecule has 2 rings (SSSR count). The maximum atomic E-state index is 12.7. The molecule has 118 valence electrons. The first-order chi connectivity index (χ1) is 9.96. The van der Waals surface area contributed by atoms with Crippen molar-refractivity contribution in [2.75, 3.05) is 20.3 Å². The van der Waals surface area contributed by atoms with Gasteiger partial charge in [-0.25, -0.2) is 8.42 Å². The van der Waals surface area contributed by atoms with Crippen LogP contribution >= 0.6 is 0 Å². The van der Waals surface area contributed by atoms with Crippen LogP contribution in [0.5, 0.6) is 5.75 Å². The molecule has 1 aliphatic heterocycles. The van der Waals surface area contributed by atoms with Crippen molar-refractivity contribution in [2.45, 2.75) is 36.3 Å². The fourth-order valence-electron chi connectivity index (χ4n) is 2.61. The molecule has 0 radical (unpaired) electrons. The van der Waals surface area contributed by atoms with Crippen LogP contribution in [0.25, 0.3) is 0 Å². The van der Waals surface area contributed by atoms with Gasteiger partial charge in [0.2, 0.25) is 0 Å². The summed E-state index contributed by atoms with van der Waals surface area (Å²) in [4.78, 5) is 0. The topological polar surface area (TPSA) is 78.6 Å². The van der Waals surface area contributed by atoms with Gasteiger partial charge in [0.15, 0.2) is 9.84 Å². The van der Waals surface area contributed by atoms with Crippen LogP contribution in [-0.2, 0) is 14.6 Å². The fraction of sp³-hybridized carbons (Fsp3) is 0.600. The van der Waals surface area contributed by atoms with Gasteiger partial charge in [0.05, 0.1) is 17.6 Å². The smallest absolute Gasteiger partial charge is 0.157 e. The number of benzene rings is 1. The maximum Gasteiger partial charge on any atom is 0.157 e. The molecule has 1 heterocycles. The minimum atomic E-state index is -3.26. The highest BCUT2D eigenvalue weighted by molar-refractivity contribution is 7.92. The van der Waals surface area contributed by atoms with Gasteiger partial charge in [-0.15, -0.1) is 0 Å². The Morgan fingerprint density at radius 1 is 1.24 bits per heavy atom. The van der Waals surface area contributed by atoms with Crippen molar-refractivity contribution < 1.29 is 17.9 Å². The van der Waals surface area contributed by atoms with Gasteiger partial charge >= 0.3 is 0 Å². The van der Waals surface area contributed by atoms with E-state index < -0.39 is 21.1 Å². The van der Waals surface area contributed by atoms with E-state index >= 15 is 0 Å². The number of nitrogens with two attached hydrogens (primary N) is 1. The predicted octanol–water partition coefficient (Wildman–Crippen LogP) is 1.68. The monoisotopic (exact) mass is 313 g/mol. The zero-order valence-corrected chi connectivity index (χ0v) is 13.3. The molecule has 1 aliphatic rings. The Morgan fingerprint density at radius 3 is 2.33 bits per heavy atom. The highest BCUT2D eigenvalue weighted by Crippen LogP contribution is 2.27. The lowest BCUT2D eigenvalue weighted by molar-refractivity contribution is 0.0981. The van der Waals surface area contributed by atoms with Gasteiger partial charge in [0, 0.05) is 19.3 Å². The lowest BCUT2D eigenvalue weighted by Gasteiger charge is -2.28. The SMILES string of the molecule is COc1ccc(C(N)C(C)S(=O)(=O)C2CCOCC2)cc1. The molecule has 0 spiro atoms. The molecule has 1 fully saturated rings. The van der Waals surface area contributed by atoms with Crippen LogP contribution < -0.4 is 10.5 Å². The van der Waals surface area contributed by atoms with E-state index in [1.807, 2.05) is 12.1 Å². The van der Waals surface area contributed by atoms with Crippen LogP contribution in [-0.4, -0.2) is 39.2 Å². The molecule has 1 saturated heterocycles. The molecule has 1 aromatic carbocycles. The van der Waals surface area contributed by atoms with E-state index in [0.29, 0.717) is 26.1 Å². The molecular weight excluding hydrogens is 290 g/mol. The van der Waals surface area contributed by atoms with Crippen LogP contribution in [0, 0.1) is 0 Å². The Morgan fingerprint density at radius 2 is 1.81 bits per heavy atom.